The van der Waals surface area contributed by atoms with Crippen LogP contribution in [0.2, 0.25) is 5.02 Å². The van der Waals surface area contributed by atoms with Crippen molar-refractivity contribution in [2.24, 2.45) is 0 Å². The maximum Gasteiger partial charge on any atom is 0.255 e. The molecule has 7 heteroatoms. The fourth-order valence-electron chi connectivity index (χ4n) is 3.76. The highest BCUT2D eigenvalue weighted by molar-refractivity contribution is 6.30. The van der Waals surface area contributed by atoms with Crippen molar-refractivity contribution in [1.82, 2.24) is 20.4 Å². The monoisotopic (exact) mass is 412 g/mol. The van der Waals surface area contributed by atoms with Crippen LogP contribution >= 0.6 is 11.6 Å². The molecular formula is C22H22ClFN4O. The smallest absolute Gasteiger partial charge is 0.255 e. The molecule has 0 spiro atoms. The average molecular weight is 413 g/mol. The lowest BCUT2D eigenvalue weighted by molar-refractivity contribution is 0.0949. The Labute approximate surface area is 173 Å². The molecule has 0 radical (unpaired) electrons. The van der Waals surface area contributed by atoms with Gasteiger partial charge >= 0.3 is 0 Å². The summed E-state index contributed by atoms with van der Waals surface area (Å²) in [5.41, 5.74) is 2.91. The summed E-state index contributed by atoms with van der Waals surface area (Å²) in [7, 11) is 0. The average Bonchev–Trinajstić information content (AvgIpc) is 3.18. The molecule has 2 heterocycles. The molecule has 5 nitrogen and oxygen atoms in total. The third-order valence-corrected chi connectivity index (χ3v) is 5.41. The van der Waals surface area contributed by atoms with Crippen LogP contribution in [0, 0.1) is 5.82 Å². The van der Waals surface area contributed by atoms with Crippen molar-refractivity contribution >= 4 is 17.5 Å². The van der Waals surface area contributed by atoms with Crippen LogP contribution in [0.1, 0.15) is 40.4 Å². The molecule has 2 aromatic carbocycles. The predicted octanol–water partition coefficient (Wildman–Crippen LogP) is 4.06. The lowest BCUT2D eigenvalue weighted by atomic mass is 9.91. The number of halogens is 2. The molecule has 29 heavy (non-hydrogen) atoms. The van der Waals surface area contributed by atoms with Crippen LogP contribution < -0.4 is 10.6 Å². The third-order valence-electron chi connectivity index (χ3n) is 5.17. The number of aromatic nitrogens is 2. The van der Waals surface area contributed by atoms with Gasteiger partial charge in [0.05, 0.1) is 23.1 Å². The van der Waals surface area contributed by atoms with Crippen molar-refractivity contribution in [3.8, 4) is 5.69 Å². The van der Waals surface area contributed by atoms with Crippen molar-refractivity contribution < 1.29 is 9.18 Å². The number of amides is 1. The molecule has 0 saturated carbocycles. The second-order valence-electron chi connectivity index (χ2n) is 7.17. The van der Waals surface area contributed by atoms with Crippen LogP contribution in [0.3, 0.4) is 0 Å². The third kappa shape index (κ3) is 4.49. The van der Waals surface area contributed by atoms with Crippen LogP contribution in [-0.2, 0) is 6.54 Å². The van der Waals surface area contributed by atoms with Gasteiger partial charge in [0.15, 0.2) is 0 Å². The largest absolute Gasteiger partial charge is 0.348 e. The van der Waals surface area contributed by atoms with Crippen molar-refractivity contribution in [1.29, 1.82) is 0 Å². The first-order chi connectivity index (χ1) is 14.1. The SMILES string of the molecule is O=C(NCc1cccc(Cl)c1)c1cnn(-c2cccc(F)c2)c1C1CCNCC1. The van der Waals surface area contributed by atoms with Crippen LogP contribution in [0.15, 0.2) is 54.7 Å². The highest BCUT2D eigenvalue weighted by atomic mass is 35.5. The number of benzene rings is 2. The van der Waals surface area contributed by atoms with Crippen molar-refractivity contribution in [2.75, 3.05) is 13.1 Å². The van der Waals surface area contributed by atoms with E-state index in [0.29, 0.717) is 22.8 Å². The minimum Gasteiger partial charge on any atom is -0.348 e. The summed E-state index contributed by atoms with van der Waals surface area (Å²) in [6.07, 6.45) is 3.38. The van der Waals surface area contributed by atoms with Gasteiger partial charge in [-0.2, -0.15) is 5.10 Å². The number of piperidine rings is 1. The zero-order valence-electron chi connectivity index (χ0n) is 15.9. The summed E-state index contributed by atoms with van der Waals surface area (Å²) in [5, 5.41) is 11.4. The van der Waals surface area contributed by atoms with Gasteiger partial charge in [0, 0.05) is 17.5 Å². The Balaban J connectivity index is 1.64. The van der Waals surface area contributed by atoms with Crippen LogP contribution in [0.5, 0.6) is 0 Å². The highest BCUT2D eigenvalue weighted by Gasteiger charge is 2.27. The van der Waals surface area contributed by atoms with Gasteiger partial charge in [0.2, 0.25) is 0 Å². The minimum absolute atomic E-state index is 0.175. The number of nitrogens with zero attached hydrogens (tertiary/aromatic N) is 2. The fraction of sp³-hybridized carbons (Fsp3) is 0.273. The second kappa shape index (κ2) is 8.76. The second-order valence-corrected chi connectivity index (χ2v) is 7.61. The molecule has 1 amide bonds. The number of carbonyl (C=O) groups is 1. The highest BCUT2D eigenvalue weighted by Crippen LogP contribution is 2.30. The topological polar surface area (TPSA) is 59.0 Å². The van der Waals surface area contributed by atoms with Crippen molar-refractivity contribution in [2.45, 2.75) is 25.3 Å². The van der Waals surface area contributed by atoms with E-state index >= 15 is 0 Å². The van der Waals surface area contributed by atoms with Crippen molar-refractivity contribution in [3.63, 3.8) is 0 Å². The lowest BCUT2D eigenvalue weighted by Gasteiger charge is -2.24. The molecule has 1 aliphatic rings. The van der Waals surface area contributed by atoms with Gasteiger partial charge in [-0.3, -0.25) is 4.79 Å². The number of carbonyl (C=O) groups excluding carboxylic acids is 1. The molecule has 0 atom stereocenters. The number of hydrogen-bond acceptors (Lipinski definition) is 3. The van der Waals surface area contributed by atoms with Gasteiger partial charge < -0.3 is 10.6 Å². The van der Waals surface area contributed by atoms with E-state index in [1.165, 1.54) is 12.1 Å². The van der Waals surface area contributed by atoms with E-state index in [-0.39, 0.29) is 17.6 Å². The molecule has 3 aromatic rings. The van der Waals surface area contributed by atoms with E-state index in [1.54, 1.807) is 29.1 Å². The Kier molecular flexibility index (Phi) is 5.92. The van der Waals surface area contributed by atoms with Crippen LogP contribution in [-0.4, -0.2) is 28.8 Å². The Morgan fingerprint density at radius 3 is 2.76 bits per heavy atom. The van der Waals surface area contributed by atoms with Gasteiger partial charge in [-0.1, -0.05) is 29.8 Å². The Bertz CT molecular complexity index is 1010. The van der Waals surface area contributed by atoms with Crippen LogP contribution in [0.4, 0.5) is 4.39 Å². The van der Waals surface area contributed by atoms with Gasteiger partial charge in [0.25, 0.3) is 5.91 Å². The molecule has 1 aromatic heterocycles. The van der Waals surface area contributed by atoms with E-state index in [9.17, 15) is 9.18 Å². The summed E-state index contributed by atoms with van der Waals surface area (Å²) in [6.45, 7) is 2.13. The molecule has 2 N–H and O–H groups in total. The molecule has 1 aliphatic heterocycles. The summed E-state index contributed by atoms with van der Waals surface area (Å²) in [5.74, 6) is -0.351. The van der Waals surface area contributed by atoms with E-state index in [4.69, 9.17) is 11.6 Å². The standard InChI is InChI=1S/C22H22ClFN4O/c23-17-4-1-3-15(11-17)13-26-22(29)20-14-27-28(19-6-2-5-18(24)12-19)21(20)16-7-9-25-10-8-16/h1-6,11-12,14,16,25H,7-10,13H2,(H,26,29). The fourth-order valence-corrected chi connectivity index (χ4v) is 3.97. The Morgan fingerprint density at radius 2 is 2.00 bits per heavy atom. The van der Waals surface area contributed by atoms with E-state index in [1.807, 2.05) is 18.2 Å². The molecule has 0 unspecified atom stereocenters. The number of nitrogens with one attached hydrogen (secondary N) is 2. The predicted molar refractivity (Wildman–Crippen MR) is 111 cm³/mol. The normalized spacial score (nSPS) is 14.7. The summed E-state index contributed by atoms with van der Waals surface area (Å²) < 4.78 is 15.5. The van der Waals surface area contributed by atoms with Crippen molar-refractivity contribution in [3.05, 3.63) is 82.4 Å². The molecule has 4 rings (SSSR count). The number of rotatable bonds is 5. The number of hydrogen-bond donors (Lipinski definition) is 2. The molecular weight excluding hydrogens is 391 g/mol. The van der Waals surface area contributed by atoms with E-state index in [2.05, 4.69) is 15.7 Å². The maximum absolute atomic E-state index is 13.8. The Morgan fingerprint density at radius 1 is 1.21 bits per heavy atom. The zero-order valence-corrected chi connectivity index (χ0v) is 16.6. The summed E-state index contributed by atoms with van der Waals surface area (Å²) in [4.78, 5) is 13.0. The first-order valence-corrected chi connectivity index (χ1v) is 10.1. The lowest BCUT2D eigenvalue weighted by Crippen LogP contribution is -2.30. The Hall–Kier alpha value is -2.70. The summed E-state index contributed by atoms with van der Waals surface area (Å²) in [6, 6.07) is 13.7. The maximum atomic E-state index is 13.8. The molecule has 0 aliphatic carbocycles. The van der Waals surface area contributed by atoms with E-state index < -0.39 is 0 Å². The van der Waals surface area contributed by atoms with Gasteiger partial charge in [-0.25, -0.2) is 9.07 Å². The molecule has 150 valence electrons. The summed E-state index contributed by atoms with van der Waals surface area (Å²) >= 11 is 6.03. The molecule has 1 fully saturated rings. The first kappa shape index (κ1) is 19.6. The van der Waals surface area contributed by atoms with Gasteiger partial charge in [0.1, 0.15) is 5.82 Å². The quantitative estimate of drug-likeness (QED) is 0.664. The zero-order chi connectivity index (χ0) is 20.2. The van der Waals surface area contributed by atoms with E-state index in [0.717, 1.165) is 37.2 Å². The first-order valence-electron chi connectivity index (χ1n) is 9.69. The molecule has 0 bridgehead atoms. The van der Waals surface area contributed by atoms with Crippen LogP contribution in [0.25, 0.3) is 5.69 Å². The molecule has 1 saturated heterocycles. The minimum atomic E-state index is -0.332. The van der Waals surface area contributed by atoms with Gasteiger partial charge in [-0.05, 0) is 61.8 Å². The van der Waals surface area contributed by atoms with Gasteiger partial charge in [-0.15, -0.1) is 0 Å².